The van der Waals surface area contributed by atoms with Crippen LogP contribution in [0.4, 0.5) is 0 Å². The van der Waals surface area contributed by atoms with Gasteiger partial charge in [-0.25, -0.2) is 0 Å². The van der Waals surface area contributed by atoms with Gasteiger partial charge in [0, 0.05) is 47.1 Å². The minimum Gasteiger partial charge on any atom is -0.308 e. The van der Waals surface area contributed by atoms with Gasteiger partial charge >= 0.3 is 0 Å². The molecule has 0 radical (unpaired) electrons. The molecule has 0 saturated carbocycles. The van der Waals surface area contributed by atoms with Crippen LogP contribution in [0.3, 0.4) is 0 Å². The summed E-state index contributed by atoms with van der Waals surface area (Å²) < 4.78 is 5.27. The fourth-order valence-corrected chi connectivity index (χ4v) is 8.01. The van der Waals surface area contributed by atoms with Crippen molar-refractivity contribution in [3.05, 3.63) is 102 Å². The molecule has 9 rings (SSSR count). The zero-order valence-corrected chi connectivity index (χ0v) is 20.3. The van der Waals surface area contributed by atoms with Crippen LogP contribution >= 0.6 is 11.3 Å². The van der Waals surface area contributed by atoms with E-state index in [1.54, 1.807) is 0 Å². The van der Waals surface area contributed by atoms with Gasteiger partial charge in [-0.3, -0.25) is 0 Å². The van der Waals surface area contributed by atoms with Gasteiger partial charge in [0.2, 0.25) is 0 Å². The van der Waals surface area contributed by atoms with E-state index in [2.05, 4.69) is 109 Å². The zero-order chi connectivity index (χ0) is 23.1. The first-order valence-corrected chi connectivity index (χ1v) is 13.1. The van der Waals surface area contributed by atoms with Gasteiger partial charge in [-0.2, -0.15) is 0 Å². The van der Waals surface area contributed by atoms with Crippen LogP contribution in [0.1, 0.15) is 25.0 Å². The Morgan fingerprint density at radius 2 is 1.26 bits per heavy atom. The van der Waals surface area contributed by atoms with Crippen molar-refractivity contribution in [3.8, 4) is 11.1 Å². The third-order valence-corrected chi connectivity index (χ3v) is 9.65. The lowest BCUT2D eigenvalue weighted by atomic mass is 9.82. The van der Waals surface area contributed by atoms with Crippen molar-refractivity contribution in [2.75, 3.05) is 0 Å². The van der Waals surface area contributed by atoms with Gasteiger partial charge in [0.25, 0.3) is 0 Å². The molecule has 3 aromatic heterocycles. The van der Waals surface area contributed by atoms with E-state index in [-0.39, 0.29) is 5.41 Å². The summed E-state index contributed by atoms with van der Waals surface area (Å²) in [6, 6.07) is 34.4. The van der Waals surface area contributed by atoms with E-state index in [9.17, 15) is 0 Å². The monoisotopic (exact) mass is 463 g/mol. The maximum atomic E-state index is 2.54. The largest absolute Gasteiger partial charge is 0.308 e. The summed E-state index contributed by atoms with van der Waals surface area (Å²) >= 11 is 1.90. The third kappa shape index (κ3) is 2.04. The lowest BCUT2D eigenvalue weighted by Crippen LogP contribution is -2.14. The number of hydrogen-bond donors (Lipinski definition) is 0. The van der Waals surface area contributed by atoms with Crippen LogP contribution in [0.15, 0.2) is 91.0 Å². The van der Waals surface area contributed by atoms with E-state index in [1.807, 2.05) is 11.3 Å². The van der Waals surface area contributed by atoms with E-state index in [0.29, 0.717) is 0 Å². The second-order valence-corrected chi connectivity index (χ2v) is 11.7. The Kier molecular flexibility index (Phi) is 3.08. The molecule has 164 valence electrons. The van der Waals surface area contributed by atoms with E-state index < -0.39 is 0 Å². The average molecular weight is 464 g/mol. The highest BCUT2D eigenvalue weighted by molar-refractivity contribution is 7.25. The average Bonchev–Trinajstić information content (AvgIpc) is 3.57. The Morgan fingerprint density at radius 3 is 2.14 bits per heavy atom. The minimum atomic E-state index is 0.00985. The molecule has 0 amide bonds. The van der Waals surface area contributed by atoms with Crippen LogP contribution in [-0.2, 0) is 5.41 Å². The maximum Gasteiger partial charge on any atom is 0.0620 e. The van der Waals surface area contributed by atoms with Gasteiger partial charge < -0.3 is 4.40 Å². The van der Waals surface area contributed by atoms with Gasteiger partial charge in [0.05, 0.1) is 16.6 Å². The van der Waals surface area contributed by atoms with Crippen LogP contribution in [0, 0.1) is 0 Å². The molecule has 2 heteroatoms. The Bertz CT molecular complexity index is 2190. The number of aromatic nitrogens is 1. The number of hydrogen-bond acceptors (Lipinski definition) is 1. The Labute approximate surface area is 206 Å². The summed E-state index contributed by atoms with van der Waals surface area (Å²) in [5.41, 5.74) is 9.63. The molecule has 0 saturated heterocycles. The lowest BCUT2D eigenvalue weighted by Gasteiger charge is -2.21. The van der Waals surface area contributed by atoms with Crippen molar-refractivity contribution in [2.45, 2.75) is 19.3 Å². The first kappa shape index (κ1) is 18.4. The molecule has 1 aliphatic carbocycles. The maximum absolute atomic E-state index is 2.54. The molecule has 1 nitrogen and oxygen atoms in total. The predicted octanol–water partition coefficient (Wildman–Crippen LogP) is 9.51. The molecule has 1 aliphatic rings. The fourth-order valence-electron chi connectivity index (χ4n) is 6.89. The quantitative estimate of drug-likeness (QED) is 0.211. The van der Waals surface area contributed by atoms with Crippen LogP contribution in [-0.4, -0.2) is 4.40 Å². The Balaban J connectivity index is 1.51. The second-order valence-electron chi connectivity index (χ2n) is 10.6. The highest BCUT2D eigenvalue weighted by Crippen LogP contribution is 2.51. The molecular weight excluding hydrogens is 442 g/mol. The molecule has 35 heavy (non-hydrogen) atoms. The van der Waals surface area contributed by atoms with Gasteiger partial charge in [0.1, 0.15) is 0 Å². The van der Waals surface area contributed by atoms with E-state index in [4.69, 9.17) is 0 Å². The molecule has 0 fully saturated rings. The fraction of sp³-hybridized carbons (Fsp3) is 0.0909. The van der Waals surface area contributed by atoms with Crippen molar-refractivity contribution in [2.24, 2.45) is 0 Å². The Hall–Kier alpha value is -3.88. The topological polar surface area (TPSA) is 4.41 Å². The third-order valence-electron chi connectivity index (χ3n) is 8.52. The summed E-state index contributed by atoms with van der Waals surface area (Å²) in [7, 11) is 0. The summed E-state index contributed by atoms with van der Waals surface area (Å²) in [5, 5.41) is 8.15. The summed E-state index contributed by atoms with van der Waals surface area (Å²) in [5.74, 6) is 0. The molecule has 0 aliphatic heterocycles. The van der Waals surface area contributed by atoms with Crippen LogP contribution in [0.2, 0.25) is 0 Å². The summed E-state index contributed by atoms with van der Waals surface area (Å²) in [4.78, 5) is 0. The molecule has 0 atom stereocenters. The molecule has 3 heterocycles. The number of para-hydroxylation sites is 1. The SMILES string of the molecule is CC1(C)c2ccccc2-c2cc3c(cc21)c1cccc2c4cc5sc6ccccc6c5cc4n3c12. The molecule has 8 aromatic rings. The first-order valence-electron chi connectivity index (χ1n) is 12.3. The van der Waals surface area contributed by atoms with Crippen molar-refractivity contribution < 1.29 is 0 Å². The number of fused-ring (bicyclic) bond motifs is 12. The molecule has 5 aromatic carbocycles. The molecule has 0 bridgehead atoms. The smallest absolute Gasteiger partial charge is 0.0620 e. The molecule has 0 spiro atoms. The minimum absolute atomic E-state index is 0.00985. The number of nitrogens with zero attached hydrogens (tertiary/aromatic N) is 1. The van der Waals surface area contributed by atoms with Crippen molar-refractivity contribution in [1.82, 2.24) is 4.40 Å². The van der Waals surface area contributed by atoms with Gasteiger partial charge in [-0.1, -0.05) is 74.5 Å². The predicted molar refractivity (Wildman–Crippen MR) is 152 cm³/mol. The van der Waals surface area contributed by atoms with Gasteiger partial charge in [-0.15, -0.1) is 11.3 Å². The summed E-state index contributed by atoms with van der Waals surface area (Å²) in [6.07, 6.45) is 0. The first-order chi connectivity index (χ1) is 17.1. The normalized spacial score (nSPS) is 14.8. The van der Waals surface area contributed by atoms with Crippen LogP contribution in [0.25, 0.3) is 69.4 Å². The lowest BCUT2D eigenvalue weighted by molar-refractivity contribution is 0.661. The van der Waals surface area contributed by atoms with E-state index >= 15 is 0 Å². The van der Waals surface area contributed by atoms with E-state index in [0.717, 1.165) is 0 Å². The molecule has 0 unspecified atom stereocenters. The van der Waals surface area contributed by atoms with Gasteiger partial charge in [-0.05, 0) is 52.6 Å². The van der Waals surface area contributed by atoms with Crippen molar-refractivity contribution >= 4 is 69.6 Å². The summed E-state index contributed by atoms with van der Waals surface area (Å²) in [6.45, 7) is 4.74. The Morgan fingerprint density at radius 1 is 0.543 bits per heavy atom. The highest BCUT2D eigenvalue weighted by atomic mass is 32.1. The standard InChI is InChI=1S/C33H21NS/c1-33(2)26-12-5-3-8-18(26)22-15-28-23(14-27(22)33)20-10-7-11-21-24-17-31-25(16-29(24)34(28)32(20)21)19-9-4-6-13-30(19)35-31/h3-17H,1-2H3. The number of benzene rings is 5. The van der Waals surface area contributed by atoms with Crippen molar-refractivity contribution in [1.29, 1.82) is 0 Å². The molecule has 0 N–H and O–H groups in total. The second kappa shape index (κ2) is 5.84. The number of rotatable bonds is 0. The highest BCUT2D eigenvalue weighted by Gasteiger charge is 2.36. The molecular formula is C33H21NS. The van der Waals surface area contributed by atoms with Crippen molar-refractivity contribution in [3.63, 3.8) is 0 Å². The van der Waals surface area contributed by atoms with Gasteiger partial charge in [0.15, 0.2) is 0 Å². The van der Waals surface area contributed by atoms with Crippen LogP contribution in [0.5, 0.6) is 0 Å². The zero-order valence-electron chi connectivity index (χ0n) is 19.5. The van der Waals surface area contributed by atoms with E-state index in [1.165, 1.54) is 80.5 Å². The number of thiophene rings is 1. The van der Waals surface area contributed by atoms with Crippen LogP contribution < -0.4 is 0 Å².